The number of carbonyl (C=O) groups excluding carboxylic acids is 4. The molecule has 16 heteroatoms. The van der Waals surface area contributed by atoms with Crippen LogP contribution in [0.1, 0.15) is 79.4 Å². The maximum atomic E-state index is 13.6. The van der Waals surface area contributed by atoms with Gasteiger partial charge in [0.15, 0.2) is 5.43 Å². The molecule has 1 spiro atoms. The Morgan fingerprint density at radius 2 is 1.69 bits per heavy atom. The Balaban J connectivity index is 0.668. The van der Waals surface area contributed by atoms with E-state index in [-0.39, 0.29) is 97.7 Å². The lowest BCUT2D eigenvalue weighted by molar-refractivity contribution is -0.222. The number of amides is 3. The van der Waals surface area contributed by atoms with Crippen LogP contribution < -0.4 is 21.4 Å². The van der Waals surface area contributed by atoms with Crippen LogP contribution >= 0.6 is 11.8 Å². The number of rotatable bonds is 20. The van der Waals surface area contributed by atoms with E-state index in [4.69, 9.17) is 33.2 Å². The van der Waals surface area contributed by atoms with Gasteiger partial charge in [-0.25, -0.2) is 9.59 Å². The van der Waals surface area contributed by atoms with Gasteiger partial charge in [0, 0.05) is 53.7 Å². The van der Waals surface area contributed by atoms with Crippen LogP contribution in [0.5, 0.6) is 0 Å². The van der Waals surface area contributed by atoms with Gasteiger partial charge in [-0.3, -0.25) is 14.4 Å². The van der Waals surface area contributed by atoms with Crippen molar-refractivity contribution in [1.29, 1.82) is 0 Å². The fourth-order valence-corrected chi connectivity index (χ4v) is 11.8. The molecule has 1 aromatic carbocycles. The predicted molar refractivity (Wildman–Crippen MR) is 196 cm³/mol. The summed E-state index contributed by atoms with van der Waals surface area (Å²) in [5, 5.41) is 9.24. The second-order valence-corrected chi connectivity index (χ2v) is 17.0. The average molecular weight is 786 g/mol. The molecule has 0 aromatic heterocycles. The highest BCUT2D eigenvalue weighted by Gasteiger charge is 2.77. The molecule has 300 valence electrons. The summed E-state index contributed by atoms with van der Waals surface area (Å²) in [6.45, 7) is 6.40. The van der Waals surface area contributed by atoms with Crippen LogP contribution in [-0.2, 0) is 47.5 Å². The molecule has 6 fully saturated rings. The molecule has 55 heavy (non-hydrogen) atoms. The van der Waals surface area contributed by atoms with Crippen LogP contribution in [0.2, 0.25) is 0 Å². The van der Waals surface area contributed by atoms with Crippen LogP contribution in [-0.4, -0.2) is 119 Å². The van der Waals surface area contributed by atoms with Crippen molar-refractivity contribution >= 4 is 35.6 Å². The Hall–Kier alpha value is -3.28. The summed E-state index contributed by atoms with van der Waals surface area (Å²) in [4.78, 5) is 63.2. The fraction of sp³-hybridized carbons (Fsp3) is 0.718. The summed E-state index contributed by atoms with van der Waals surface area (Å²) < 4.78 is 40.6. The highest BCUT2D eigenvalue weighted by Crippen LogP contribution is 2.75. The number of urea groups is 1. The van der Waals surface area contributed by atoms with Crippen molar-refractivity contribution in [1.82, 2.24) is 16.0 Å². The number of hydrogen-bond donors (Lipinski definition) is 3. The van der Waals surface area contributed by atoms with Crippen molar-refractivity contribution in [3.8, 4) is 0 Å². The number of thioether (sulfide) groups is 1. The monoisotopic (exact) mass is 785 g/mol. The van der Waals surface area contributed by atoms with E-state index in [1.165, 1.54) is 0 Å². The third-order valence-corrected chi connectivity index (χ3v) is 14.1. The SMILES string of the molecule is Cc1cc(=O)cc2c3c1[C@@H]1O[C@H]4[C@@H]5OC(=O)[C@](C[C@@H]2OC(=O)COCCOCCOCCOCCNC(=O)CCCC[C@@H]2SC[C@@H]6NC(=O)N[C@@H]62)([C@@H]4C)[C@H]3[C@@H]51. The van der Waals surface area contributed by atoms with E-state index in [9.17, 15) is 24.0 Å². The Labute approximate surface area is 323 Å². The van der Waals surface area contributed by atoms with Crippen molar-refractivity contribution in [2.45, 2.75) is 93.6 Å². The second kappa shape index (κ2) is 16.3. The normalized spacial score (nSPS) is 33.9. The van der Waals surface area contributed by atoms with Gasteiger partial charge in [-0.15, -0.1) is 0 Å². The van der Waals surface area contributed by atoms with Gasteiger partial charge in [0.1, 0.15) is 18.8 Å². The molecule has 11 atom stereocenters. The predicted octanol–water partition coefficient (Wildman–Crippen LogP) is 1.97. The molecule has 5 saturated heterocycles. The molecule has 3 N–H and O–H groups in total. The van der Waals surface area contributed by atoms with Crippen LogP contribution in [0.3, 0.4) is 0 Å². The smallest absolute Gasteiger partial charge is 0.332 e. The fourth-order valence-electron chi connectivity index (χ4n) is 10.3. The molecular formula is C39H51N3O12S. The standard InChI is InChI=1S/C39H51N3O12S/c1-20-15-22(43)16-23-25(17-39-21(2)34-36(54-37(39)46)31-32(39)30(23)29(20)35(31)53-34)52-28(45)18-51-14-13-50-12-11-49-10-9-48-8-7-40-27(44)6-4-3-5-26-33-24(19-55-26)41-38(47)42-33/h15-16,21,24-26,31-36H,3-14,17-19H2,1-2H3,(H,40,44)(H2,41,42,47)/t21-,24+,25+,26+,31-,32-,33+,34-,35+,36-,39-/m1/s1. The van der Waals surface area contributed by atoms with E-state index in [1.807, 2.05) is 25.6 Å². The minimum atomic E-state index is -0.886. The van der Waals surface area contributed by atoms with Crippen molar-refractivity contribution in [2.75, 3.05) is 65.2 Å². The van der Waals surface area contributed by atoms with Crippen molar-refractivity contribution in [3.63, 3.8) is 0 Å². The zero-order valence-electron chi connectivity index (χ0n) is 31.3. The van der Waals surface area contributed by atoms with E-state index < -0.39 is 17.5 Å². The van der Waals surface area contributed by atoms with Gasteiger partial charge in [0.05, 0.1) is 76.0 Å². The summed E-state index contributed by atoms with van der Waals surface area (Å²) in [5.41, 5.74) is 2.29. The number of ether oxygens (including phenoxy) is 7. The highest BCUT2D eigenvalue weighted by atomic mass is 32.2. The van der Waals surface area contributed by atoms with E-state index in [2.05, 4.69) is 16.0 Å². The van der Waals surface area contributed by atoms with E-state index in [0.717, 1.165) is 41.7 Å². The molecule has 1 saturated carbocycles. The number of nitrogens with one attached hydrogen (secondary N) is 3. The second-order valence-electron chi connectivity index (χ2n) is 15.7. The number of esters is 2. The van der Waals surface area contributed by atoms with Crippen molar-refractivity contribution in [2.24, 2.45) is 17.3 Å². The molecule has 3 aliphatic carbocycles. The quantitative estimate of drug-likeness (QED) is 0.0992. The topological polar surface area (TPSA) is 186 Å². The number of unbranched alkanes of at least 4 members (excludes halogenated alkanes) is 1. The first-order chi connectivity index (χ1) is 26.7. The van der Waals surface area contributed by atoms with Gasteiger partial charge < -0.3 is 49.1 Å². The molecule has 1 aromatic rings. The number of hydrogen-bond acceptors (Lipinski definition) is 13. The first kappa shape index (κ1) is 38.6. The molecule has 5 aliphatic heterocycles. The first-order valence-electron chi connectivity index (χ1n) is 19.7. The zero-order valence-corrected chi connectivity index (χ0v) is 32.2. The van der Waals surface area contributed by atoms with Gasteiger partial charge in [-0.1, -0.05) is 13.3 Å². The molecule has 4 bridgehead atoms. The van der Waals surface area contributed by atoms with Crippen LogP contribution in [0.4, 0.5) is 4.79 Å². The number of fused-ring (bicyclic) bond motifs is 3. The van der Waals surface area contributed by atoms with Crippen molar-refractivity contribution < 1.29 is 52.3 Å². The lowest BCUT2D eigenvalue weighted by Gasteiger charge is -2.58. The average Bonchev–Trinajstić information content (AvgIpc) is 3.87. The zero-order chi connectivity index (χ0) is 38.3. The molecule has 9 rings (SSSR count). The Morgan fingerprint density at radius 3 is 2.47 bits per heavy atom. The molecule has 3 amide bonds. The number of aryl methyl sites for hydroxylation is 1. The van der Waals surface area contributed by atoms with Gasteiger partial charge in [0.25, 0.3) is 0 Å². The first-order valence-corrected chi connectivity index (χ1v) is 20.7. The lowest BCUT2D eigenvalue weighted by atomic mass is 9.49. The van der Waals surface area contributed by atoms with Crippen LogP contribution in [0.15, 0.2) is 16.9 Å². The highest BCUT2D eigenvalue weighted by molar-refractivity contribution is 8.00. The summed E-state index contributed by atoms with van der Waals surface area (Å²) in [7, 11) is 0. The third kappa shape index (κ3) is 7.27. The summed E-state index contributed by atoms with van der Waals surface area (Å²) in [5.74, 6) is -0.134. The molecule has 8 aliphatic rings. The molecule has 0 radical (unpaired) electrons. The Kier molecular flexibility index (Phi) is 11.4. The third-order valence-electron chi connectivity index (χ3n) is 12.6. The summed E-state index contributed by atoms with van der Waals surface area (Å²) in [6.07, 6.45) is 1.91. The van der Waals surface area contributed by atoms with Gasteiger partial charge in [-0.2, -0.15) is 11.8 Å². The lowest BCUT2D eigenvalue weighted by Crippen LogP contribution is -2.65. The number of carbonyl (C=O) groups is 4. The van der Waals surface area contributed by atoms with Gasteiger partial charge >= 0.3 is 18.0 Å². The molecule has 15 nitrogen and oxygen atoms in total. The minimum Gasteiger partial charge on any atom is -0.459 e. The van der Waals surface area contributed by atoms with Gasteiger partial charge in [0.2, 0.25) is 5.91 Å². The minimum absolute atomic E-state index is 0.00770. The van der Waals surface area contributed by atoms with Crippen LogP contribution in [0, 0.1) is 24.2 Å². The van der Waals surface area contributed by atoms with E-state index >= 15 is 0 Å². The Bertz CT molecular complexity index is 1730. The Morgan fingerprint density at radius 1 is 0.945 bits per heavy atom. The maximum absolute atomic E-state index is 13.6. The molecule has 5 heterocycles. The van der Waals surface area contributed by atoms with Gasteiger partial charge in [-0.05, 0) is 48.6 Å². The summed E-state index contributed by atoms with van der Waals surface area (Å²) in [6, 6.07) is 3.51. The summed E-state index contributed by atoms with van der Waals surface area (Å²) >= 11 is 1.89. The van der Waals surface area contributed by atoms with E-state index in [0.29, 0.717) is 56.8 Å². The largest absolute Gasteiger partial charge is 0.459 e. The molecule has 0 unspecified atom stereocenters. The molecular weight excluding hydrogens is 735 g/mol. The van der Waals surface area contributed by atoms with E-state index in [1.54, 1.807) is 12.1 Å². The van der Waals surface area contributed by atoms with Crippen molar-refractivity contribution in [3.05, 3.63) is 44.6 Å². The van der Waals surface area contributed by atoms with Crippen LogP contribution in [0.25, 0.3) is 0 Å². The maximum Gasteiger partial charge on any atom is 0.332 e.